The van der Waals surface area contributed by atoms with Crippen molar-refractivity contribution in [2.24, 2.45) is 5.73 Å². The molecule has 7 heteroatoms. The summed E-state index contributed by atoms with van der Waals surface area (Å²) in [6.07, 6.45) is 0. The molecule has 1 heterocycles. The van der Waals surface area contributed by atoms with Gasteiger partial charge < -0.3 is 10.6 Å². The molecule has 0 aliphatic carbocycles. The average molecular weight is 304 g/mol. The maximum Gasteiger partial charge on any atom is 0.243 e. The Bertz CT molecular complexity index is 554. The molecule has 1 saturated heterocycles. The van der Waals surface area contributed by atoms with Crippen molar-refractivity contribution in [1.82, 2.24) is 9.21 Å². The fourth-order valence-corrected chi connectivity index (χ4v) is 3.80. The Hall–Kier alpha value is -0.660. The van der Waals surface area contributed by atoms with Gasteiger partial charge in [0.05, 0.1) is 4.90 Å². The molecule has 0 amide bonds. The van der Waals surface area contributed by atoms with Gasteiger partial charge in [-0.2, -0.15) is 4.31 Å². The van der Waals surface area contributed by atoms with Crippen molar-refractivity contribution < 1.29 is 8.42 Å². The number of piperazine rings is 1. The van der Waals surface area contributed by atoms with E-state index >= 15 is 0 Å². The van der Waals surface area contributed by atoms with Gasteiger partial charge in [-0.25, -0.2) is 8.42 Å². The van der Waals surface area contributed by atoms with E-state index in [4.69, 9.17) is 17.3 Å². The number of halogens is 1. The molecule has 106 valence electrons. The number of benzene rings is 1. The Kier molecular flexibility index (Phi) is 4.47. The summed E-state index contributed by atoms with van der Waals surface area (Å²) in [7, 11) is -1.47. The van der Waals surface area contributed by atoms with Crippen LogP contribution in [0.15, 0.2) is 23.1 Å². The van der Waals surface area contributed by atoms with E-state index in [1.807, 2.05) is 7.05 Å². The van der Waals surface area contributed by atoms with Gasteiger partial charge in [0.2, 0.25) is 10.0 Å². The molecule has 19 heavy (non-hydrogen) atoms. The molecule has 0 atom stereocenters. The van der Waals surface area contributed by atoms with E-state index in [1.165, 1.54) is 10.4 Å². The molecular weight excluding hydrogens is 286 g/mol. The van der Waals surface area contributed by atoms with E-state index in [2.05, 4.69) is 4.90 Å². The molecule has 1 aromatic carbocycles. The minimum Gasteiger partial charge on any atom is -0.326 e. The third-order valence-electron chi connectivity index (χ3n) is 3.34. The molecule has 0 spiro atoms. The predicted molar refractivity (Wildman–Crippen MR) is 75.6 cm³/mol. The first-order valence-corrected chi connectivity index (χ1v) is 7.94. The van der Waals surface area contributed by atoms with Gasteiger partial charge in [-0.1, -0.05) is 17.7 Å². The second-order valence-electron chi connectivity index (χ2n) is 4.66. The van der Waals surface area contributed by atoms with Crippen LogP contribution in [0.2, 0.25) is 5.02 Å². The standard InChI is InChI=1S/C12H18ClN3O2S/c1-15-4-6-16(7-5-15)19(17,18)11-3-2-10(9-14)12(13)8-11/h2-3,8H,4-7,9,14H2,1H3. The van der Waals surface area contributed by atoms with E-state index < -0.39 is 10.0 Å². The van der Waals surface area contributed by atoms with Gasteiger partial charge in [-0.3, -0.25) is 0 Å². The van der Waals surface area contributed by atoms with Gasteiger partial charge in [-0.05, 0) is 24.7 Å². The van der Waals surface area contributed by atoms with Crippen molar-refractivity contribution in [3.05, 3.63) is 28.8 Å². The van der Waals surface area contributed by atoms with Crippen LogP contribution in [0.25, 0.3) is 0 Å². The van der Waals surface area contributed by atoms with Gasteiger partial charge in [0.1, 0.15) is 0 Å². The Morgan fingerprint density at radius 3 is 2.42 bits per heavy atom. The third-order valence-corrected chi connectivity index (χ3v) is 5.59. The van der Waals surface area contributed by atoms with Crippen molar-refractivity contribution >= 4 is 21.6 Å². The summed E-state index contributed by atoms with van der Waals surface area (Å²) in [5.74, 6) is 0. The highest BCUT2D eigenvalue weighted by atomic mass is 35.5. The van der Waals surface area contributed by atoms with Gasteiger partial charge in [0, 0.05) is 37.7 Å². The molecule has 5 nitrogen and oxygen atoms in total. The summed E-state index contributed by atoms with van der Waals surface area (Å²) < 4.78 is 26.4. The van der Waals surface area contributed by atoms with Gasteiger partial charge >= 0.3 is 0 Å². The van der Waals surface area contributed by atoms with Crippen LogP contribution in [0, 0.1) is 0 Å². The molecule has 2 N–H and O–H groups in total. The van der Waals surface area contributed by atoms with Crippen molar-refractivity contribution in [1.29, 1.82) is 0 Å². The number of likely N-dealkylation sites (N-methyl/N-ethyl adjacent to an activating group) is 1. The average Bonchev–Trinajstić information content (AvgIpc) is 2.39. The molecule has 1 aromatic rings. The molecule has 0 aromatic heterocycles. The smallest absolute Gasteiger partial charge is 0.243 e. The maximum absolute atomic E-state index is 12.5. The zero-order chi connectivity index (χ0) is 14.0. The molecule has 0 radical (unpaired) electrons. The normalized spacial score (nSPS) is 18.7. The second kappa shape index (κ2) is 5.76. The summed E-state index contributed by atoms with van der Waals surface area (Å²) in [5, 5.41) is 0.401. The first-order valence-electron chi connectivity index (χ1n) is 6.12. The van der Waals surface area contributed by atoms with Gasteiger partial charge in [0.15, 0.2) is 0 Å². The molecular formula is C12H18ClN3O2S. The van der Waals surface area contributed by atoms with E-state index in [9.17, 15) is 8.42 Å². The largest absolute Gasteiger partial charge is 0.326 e. The molecule has 1 aliphatic rings. The van der Waals surface area contributed by atoms with Crippen LogP contribution in [-0.4, -0.2) is 50.8 Å². The molecule has 0 saturated carbocycles. The van der Waals surface area contributed by atoms with Crippen LogP contribution >= 0.6 is 11.6 Å². The summed E-state index contributed by atoms with van der Waals surface area (Å²) in [5.41, 5.74) is 6.27. The predicted octanol–water partition coefficient (Wildman–Crippen LogP) is 0.735. The van der Waals surface area contributed by atoms with E-state index in [0.717, 1.165) is 18.7 Å². The number of hydrogen-bond acceptors (Lipinski definition) is 4. The molecule has 0 bridgehead atoms. The van der Waals surface area contributed by atoms with Crippen LogP contribution in [0.1, 0.15) is 5.56 Å². The highest BCUT2D eigenvalue weighted by Crippen LogP contribution is 2.23. The highest BCUT2D eigenvalue weighted by Gasteiger charge is 2.27. The Balaban J connectivity index is 2.27. The lowest BCUT2D eigenvalue weighted by Crippen LogP contribution is -2.47. The minimum atomic E-state index is -3.45. The van der Waals surface area contributed by atoms with Crippen LogP contribution < -0.4 is 5.73 Å². The lowest BCUT2D eigenvalue weighted by Gasteiger charge is -2.31. The fourth-order valence-electron chi connectivity index (χ4n) is 2.03. The van der Waals surface area contributed by atoms with Crippen molar-refractivity contribution in [3.63, 3.8) is 0 Å². The zero-order valence-electron chi connectivity index (χ0n) is 10.8. The maximum atomic E-state index is 12.5. The zero-order valence-corrected chi connectivity index (χ0v) is 12.4. The Morgan fingerprint density at radius 1 is 1.26 bits per heavy atom. The van der Waals surface area contributed by atoms with Crippen LogP contribution in [-0.2, 0) is 16.6 Å². The van der Waals surface area contributed by atoms with Crippen LogP contribution in [0.5, 0.6) is 0 Å². The molecule has 0 unspecified atom stereocenters. The summed E-state index contributed by atoms with van der Waals surface area (Å²) in [4.78, 5) is 2.34. The summed E-state index contributed by atoms with van der Waals surface area (Å²) in [6, 6.07) is 4.73. The summed E-state index contributed by atoms with van der Waals surface area (Å²) in [6.45, 7) is 2.81. The minimum absolute atomic E-state index is 0.235. The monoisotopic (exact) mass is 303 g/mol. The van der Waals surface area contributed by atoms with Crippen molar-refractivity contribution in [2.75, 3.05) is 33.2 Å². The van der Waals surface area contributed by atoms with E-state index in [-0.39, 0.29) is 4.90 Å². The molecule has 1 aliphatic heterocycles. The summed E-state index contributed by atoms with van der Waals surface area (Å²) >= 11 is 6.03. The lowest BCUT2D eigenvalue weighted by molar-refractivity contribution is 0.222. The van der Waals surface area contributed by atoms with E-state index in [0.29, 0.717) is 24.7 Å². The van der Waals surface area contributed by atoms with Gasteiger partial charge in [0.25, 0.3) is 0 Å². The lowest BCUT2D eigenvalue weighted by atomic mass is 10.2. The Labute approximate surface area is 119 Å². The number of nitrogens with zero attached hydrogens (tertiary/aromatic N) is 2. The third kappa shape index (κ3) is 3.09. The number of nitrogens with two attached hydrogens (primary N) is 1. The Morgan fingerprint density at radius 2 is 1.89 bits per heavy atom. The van der Waals surface area contributed by atoms with Crippen LogP contribution in [0.4, 0.5) is 0 Å². The van der Waals surface area contributed by atoms with Gasteiger partial charge in [-0.15, -0.1) is 0 Å². The molecule has 1 fully saturated rings. The van der Waals surface area contributed by atoms with Crippen molar-refractivity contribution in [2.45, 2.75) is 11.4 Å². The van der Waals surface area contributed by atoms with Crippen LogP contribution in [0.3, 0.4) is 0 Å². The fraction of sp³-hybridized carbons (Fsp3) is 0.500. The number of hydrogen-bond donors (Lipinski definition) is 1. The first kappa shape index (κ1) is 14.7. The van der Waals surface area contributed by atoms with Crippen molar-refractivity contribution in [3.8, 4) is 0 Å². The topological polar surface area (TPSA) is 66.6 Å². The van der Waals surface area contributed by atoms with E-state index in [1.54, 1.807) is 12.1 Å². The number of sulfonamides is 1. The molecule has 2 rings (SSSR count). The first-order chi connectivity index (χ1) is 8.95. The second-order valence-corrected chi connectivity index (χ2v) is 7.01. The quantitative estimate of drug-likeness (QED) is 0.894. The SMILES string of the molecule is CN1CCN(S(=O)(=O)c2ccc(CN)c(Cl)c2)CC1. The number of rotatable bonds is 3. The highest BCUT2D eigenvalue weighted by molar-refractivity contribution is 7.89.